The van der Waals surface area contributed by atoms with Crippen molar-refractivity contribution in [2.24, 2.45) is 0 Å². The molecule has 0 aromatic heterocycles. The molecule has 114 valence electrons. The second-order valence-corrected chi connectivity index (χ2v) is 4.19. The summed E-state index contributed by atoms with van der Waals surface area (Å²) in [7, 11) is 1.27. The lowest BCUT2D eigenvalue weighted by Gasteiger charge is -2.17. The molecule has 0 spiro atoms. The van der Waals surface area contributed by atoms with Crippen LogP contribution in [0.15, 0.2) is 36.1 Å². The maximum absolute atomic E-state index is 12.7. The molecule has 0 bridgehead atoms. The van der Waals surface area contributed by atoms with Gasteiger partial charge in [-0.15, -0.1) is 0 Å². The number of aryl methyl sites for hydroxylation is 1. The zero-order valence-corrected chi connectivity index (χ0v) is 11.5. The average molecular weight is 297 g/mol. The summed E-state index contributed by atoms with van der Waals surface area (Å²) < 4.78 is 12.7. The van der Waals surface area contributed by atoms with Gasteiger partial charge in [0.25, 0.3) is 5.91 Å². The van der Waals surface area contributed by atoms with Crippen LogP contribution in [0.25, 0.3) is 0 Å². The van der Waals surface area contributed by atoms with Crippen molar-refractivity contribution in [2.45, 2.75) is 12.8 Å². The van der Waals surface area contributed by atoms with Crippen molar-refractivity contribution in [3.8, 4) is 0 Å². The Morgan fingerprint density at radius 3 is 2.43 bits per heavy atom. The fraction of sp³-hybridized carbons (Fsp3) is 0.286. The molecule has 1 amide bonds. The molecular weight excluding hydrogens is 281 g/mol. The Balaban J connectivity index is 2.51. The van der Waals surface area contributed by atoms with Crippen LogP contribution < -0.4 is 0 Å². The molecule has 1 aromatic rings. The molecule has 0 atom stereocenters. The highest BCUT2D eigenvalue weighted by atomic mass is 19.1. The van der Waals surface area contributed by atoms with E-state index in [1.165, 1.54) is 19.2 Å². The fourth-order valence-electron chi connectivity index (χ4n) is 1.62. The minimum atomic E-state index is -1.59. The maximum Gasteiger partial charge on any atom is 0.371 e. The van der Waals surface area contributed by atoms with Crippen LogP contribution >= 0.6 is 0 Å². The molecule has 0 fully saturated rings. The highest BCUT2D eigenvalue weighted by molar-refractivity contribution is 5.95. The molecule has 6 nitrogen and oxygen atoms in total. The Kier molecular flexibility index (Phi) is 6.35. The van der Waals surface area contributed by atoms with Crippen molar-refractivity contribution in [1.82, 2.24) is 5.06 Å². The van der Waals surface area contributed by atoms with Crippen molar-refractivity contribution < 1.29 is 29.0 Å². The van der Waals surface area contributed by atoms with E-state index in [-0.39, 0.29) is 12.4 Å². The number of carbonyl (C=O) groups is 2. The summed E-state index contributed by atoms with van der Waals surface area (Å²) >= 11 is 0. The first-order chi connectivity index (χ1) is 9.93. The zero-order chi connectivity index (χ0) is 15.8. The van der Waals surface area contributed by atoms with E-state index in [0.29, 0.717) is 18.9 Å². The summed E-state index contributed by atoms with van der Waals surface area (Å²) in [5.41, 5.74) is 0.906. The minimum Gasteiger partial charge on any atom is -0.502 e. The Bertz CT molecular complexity index is 527. The number of carboxylic acid groups (broad SMARTS) is 1. The molecule has 0 aliphatic rings. The number of hydrogen-bond acceptors (Lipinski definition) is 4. The van der Waals surface area contributed by atoms with Crippen LogP contribution in [0.4, 0.5) is 4.39 Å². The summed E-state index contributed by atoms with van der Waals surface area (Å²) in [6, 6.07) is 5.99. The maximum atomic E-state index is 12.7. The first-order valence-corrected chi connectivity index (χ1v) is 6.18. The van der Waals surface area contributed by atoms with Crippen molar-refractivity contribution in [2.75, 3.05) is 13.7 Å². The molecule has 0 saturated carbocycles. The summed E-state index contributed by atoms with van der Waals surface area (Å²) in [5.74, 6) is -3.73. The number of carboxylic acids is 1. The van der Waals surface area contributed by atoms with E-state index in [4.69, 9.17) is 15.1 Å². The molecule has 0 aliphatic heterocycles. The standard InChI is InChI=1S/C14H16FNO5/c1-21-16(13(18)9-12(17)14(19)20)8-2-3-10-4-6-11(15)7-5-10/h4-7,9,17H,2-3,8H2,1H3,(H,19,20). The van der Waals surface area contributed by atoms with Crippen LogP contribution in [0.1, 0.15) is 12.0 Å². The Hall–Kier alpha value is -2.41. The number of hydroxylamine groups is 2. The Labute approximate surface area is 121 Å². The first-order valence-electron chi connectivity index (χ1n) is 6.18. The predicted molar refractivity (Wildman–Crippen MR) is 71.8 cm³/mol. The highest BCUT2D eigenvalue weighted by Crippen LogP contribution is 2.07. The lowest BCUT2D eigenvalue weighted by molar-refractivity contribution is -0.170. The van der Waals surface area contributed by atoms with Gasteiger partial charge in [0, 0.05) is 6.54 Å². The van der Waals surface area contributed by atoms with Crippen LogP contribution in [0, 0.1) is 5.82 Å². The zero-order valence-electron chi connectivity index (χ0n) is 11.5. The normalized spacial score (nSPS) is 11.2. The number of amides is 1. The molecule has 2 N–H and O–H groups in total. The monoisotopic (exact) mass is 297 g/mol. The van der Waals surface area contributed by atoms with E-state index < -0.39 is 17.6 Å². The predicted octanol–water partition coefficient (Wildman–Crippen LogP) is 1.67. The smallest absolute Gasteiger partial charge is 0.371 e. The third-order valence-electron chi connectivity index (χ3n) is 2.69. The first kappa shape index (κ1) is 16.6. The highest BCUT2D eigenvalue weighted by Gasteiger charge is 2.14. The van der Waals surface area contributed by atoms with E-state index >= 15 is 0 Å². The largest absolute Gasteiger partial charge is 0.502 e. The van der Waals surface area contributed by atoms with E-state index in [2.05, 4.69) is 0 Å². The molecule has 1 rings (SSSR count). The summed E-state index contributed by atoms with van der Waals surface area (Å²) in [6.07, 6.45) is 1.71. The number of halogens is 1. The van der Waals surface area contributed by atoms with Crippen molar-refractivity contribution in [3.63, 3.8) is 0 Å². The van der Waals surface area contributed by atoms with Crippen LogP contribution in [-0.2, 0) is 20.8 Å². The van der Waals surface area contributed by atoms with Crippen LogP contribution in [-0.4, -0.2) is 40.8 Å². The minimum absolute atomic E-state index is 0.204. The second-order valence-electron chi connectivity index (χ2n) is 4.19. The second kappa shape index (κ2) is 8.01. The summed E-state index contributed by atoms with van der Waals surface area (Å²) in [4.78, 5) is 26.9. The third kappa shape index (κ3) is 5.62. The summed E-state index contributed by atoms with van der Waals surface area (Å²) in [6.45, 7) is 0.204. The lowest BCUT2D eigenvalue weighted by Crippen LogP contribution is -2.30. The molecule has 7 heteroatoms. The Morgan fingerprint density at radius 1 is 1.29 bits per heavy atom. The van der Waals surface area contributed by atoms with Gasteiger partial charge in [-0.25, -0.2) is 14.2 Å². The van der Waals surface area contributed by atoms with Gasteiger partial charge in [0.05, 0.1) is 13.2 Å². The number of hydrogen-bond donors (Lipinski definition) is 2. The molecule has 0 unspecified atom stereocenters. The topological polar surface area (TPSA) is 87.1 Å². The SMILES string of the molecule is CON(CCCc1ccc(F)cc1)C(=O)C=C(O)C(=O)O. The van der Waals surface area contributed by atoms with Crippen LogP contribution in [0.5, 0.6) is 0 Å². The van der Waals surface area contributed by atoms with Gasteiger partial charge in [-0.1, -0.05) is 12.1 Å². The van der Waals surface area contributed by atoms with E-state index in [9.17, 15) is 14.0 Å². The number of rotatable bonds is 7. The number of carbonyl (C=O) groups excluding carboxylic acids is 1. The number of benzene rings is 1. The molecule has 1 aromatic carbocycles. The van der Waals surface area contributed by atoms with Gasteiger partial charge < -0.3 is 10.2 Å². The van der Waals surface area contributed by atoms with E-state index in [0.717, 1.165) is 10.6 Å². The molecule has 0 aliphatic carbocycles. The number of nitrogens with zero attached hydrogens (tertiary/aromatic N) is 1. The van der Waals surface area contributed by atoms with E-state index in [1.54, 1.807) is 12.1 Å². The van der Waals surface area contributed by atoms with Gasteiger partial charge in [0.1, 0.15) is 5.82 Å². The fourth-order valence-corrected chi connectivity index (χ4v) is 1.62. The van der Waals surface area contributed by atoms with Crippen molar-refractivity contribution >= 4 is 11.9 Å². The summed E-state index contributed by atoms with van der Waals surface area (Å²) in [5, 5.41) is 18.4. The molecule has 0 saturated heterocycles. The third-order valence-corrected chi connectivity index (χ3v) is 2.69. The Morgan fingerprint density at radius 2 is 1.90 bits per heavy atom. The average Bonchev–Trinajstić information content (AvgIpc) is 2.45. The number of aliphatic hydroxyl groups is 1. The van der Waals surface area contributed by atoms with Gasteiger partial charge in [-0.05, 0) is 30.5 Å². The van der Waals surface area contributed by atoms with E-state index in [1.807, 2.05) is 0 Å². The lowest BCUT2D eigenvalue weighted by atomic mass is 10.1. The van der Waals surface area contributed by atoms with Crippen molar-refractivity contribution in [1.29, 1.82) is 0 Å². The van der Waals surface area contributed by atoms with Gasteiger partial charge >= 0.3 is 5.97 Å². The van der Waals surface area contributed by atoms with Gasteiger partial charge in [-0.2, -0.15) is 0 Å². The molecule has 0 radical (unpaired) electrons. The molecular formula is C14H16FNO5. The van der Waals surface area contributed by atoms with Gasteiger partial charge in [0.2, 0.25) is 5.76 Å². The van der Waals surface area contributed by atoms with Crippen LogP contribution in [0.2, 0.25) is 0 Å². The number of aliphatic carboxylic acids is 1. The quantitative estimate of drug-likeness (QED) is 0.454. The van der Waals surface area contributed by atoms with Gasteiger partial charge in [-0.3, -0.25) is 9.63 Å². The van der Waals surface area contributed by atoms with Crippen molar-refractivity contribution in [3.05, 3.63) is 47.5 Å². The van der Waals surface area contributed by atoms with Gasteiger partial charge in [0.15, 0.2) is 0 Å². The molecule has 0 heterocycles. The number of aliphatic hydroxyl groups excluding tert-OH is 1. The van der Waals surface area contributed by atoms with Crippen LogP contribution in [0.3, 0.4) is 0 Å². The molecule has 21 heavy (non-hydrogen) atoms.